The van der Waals surface area contributed by atoms with E-state index >= 15 is 0 Å². The molecular weight excluding hydrogens is 284 g/mol. The molecule has 0 aliphatic heterocycles. The third kappa shape index (κ3) is 5.88. The largest absolute Gasteiger partial charge is 0.481 e. The number of carbonyl (C=O) groups excluding carboxylic acids is 1. The number of nitrogens with zero attached hydrogens (tertiary/aromatic N) is 1. The Labute approximate surface area is 122 Å². The Morgan fingerprint density at radius 1 is 1.45 bits per heavy atom. The molecular formula is C13H17ClN2O4. The molecule has 0 saturated heterocycles. The lowest BCUT2D eigenvalue weighted by Gasteiger charge is -2.23. The fourth-order valence-corrected chi connectivity index (χ4v) is 1.58. The van der Waals surface area contributed by atoms with E-state index in [1.165, 1.54) is 12.3 Å². The molecule has 1 atom stereocenters. The van der Waals surface area contributed by atoms with Gasteiger partial charge in [-0.2, -0.15) is 0 Å². The molecule has 1 aromatic rings. The predicted molar refractivity (Wildman–Crippen MR) is 73.6 cm³/mol. The van der Waals surface area contributed by atoms with Crippen molar-refractivity contribution < 1.29 is 19.4 Å². The number of rotatable bonds is 4. The quantitative estimate of drug-likeness (QED) is 0.835. The molecule has 0 unspecified atom stereocenters. The highest BCUT2D eigenvalue weighted by Crippen LogP contribution is 2.18. The molecule has 0 saturated carbocycles. The van der Waals surface area contributed by atoms with E-state index in [0.29, 0.717) is 10.7 Å². The van der Waals surface area contributed by atoms with Gasteiger partial charge in [-0.1, -0.05) is 17.7 Å². The van der Waals surface area contributed by atoms with Crippen LogP contribution in [-0.4, -0.2) is 27.8 Å². The van der Waals surface area contributed by atoms with Crippen LogP contribution in [0.15, 0.2) is 18.3 Å². The van der Waals surface area contributed by atoms with E-state index in [0.717, 1.165) is 0 Å². The van der Waals surface area contributed by atoms with E-state index in [4.69, 9.17) is 21.4 Å². The molecule has 0 fully saturated rings. The van der Waals surface area contributed by atoms with Gasteiger partial charge in [0.25, 0.3) is 0 Å². The Morgan fingerprint density at radius 3 is 2.55 bits per heavy atom. The van der Waals surface area contributed by atoms with Crippen molar-refractivity contribution in [2.45, 2.75) is 38.8 Å². The minimum atomic E-state index is -1.04. The first kappa shape index (κ1) is 16.2. The number of aromatic nitrogens is 1. The van der Waals surface area contributed by atoms with Crippen molar-refractivity contribution >= 4 is 23.7 Å². The molecule has 0 bridgehead atoms. The maximum atomic E-state index is 11.7. The Kier molecular flexibility index (Phi) is 5.33. The SMILES string of the molecule is CC(C)(C)OC(=O)N[C@@H](CC(=O)O)c1ccc(Cl)nc1. The Hall–Kier alpha value is -1.82. The molecule has 2 N–H and O–H groups in total. The molecule has 110 valence electrons. The molecule has 7 heteroatoms. The monoisotopic (exact) mass is 300 g/mol. The van der Waals surface area contributed by atoms with Crippen LogP contribution in [0.2, 0.25) is 5.15 Å². The minimum Gasteiger partial charge on any atom is -0.481 e. The van der Waals surface area contributed by atoms with Crippen molar-refractivity contribution in [3.05, 3.63) is 29.0 Å². The average Bonchev–Trinajstić information content (AvgIpc) is 2.25. The van der Waals surface area contributed by atoms with Gasteiger partial charge in [0, 0.05) is 6.20 Å². The van der Waals surface area contributed by atoms with Crippen LogP contribution >= 0.6 is 11.6 Å². The van der Waals surface area contributed by atoms with Gasteiger partial charge in [0.1, 0.15) is 10.8 Å². The van der Waals surface area contributed by atoms with Crippen molar-refractivity contribution in [1.29, 1.82) is 0 Å². The number of hydrogen-bond donors (Lipinski definition) is 2. The highest BCUT2D eigenvalue weighted by molar-refractivity contribution is 6.29. The highest BCUT2D eigenvalue weighted by atomic mass is 35.5. The first-order chi connectivity index (χ1) is 9.17. The predicted octanol–water partition coefficient (Wildman–Crippen LogP) is 2.78. The van der Waals surface area contributed by atoms with Gasteiger partial charge in [0.15, 0.2) is 0 Å². The minimum absolute atomic E-state index is 0.275. The lowest BCUT2D eigenvalue weighted by molar-refractivity contribution is -0.137. The summed E-state index contributed by atoms with van der Waals surface area (Å²) in [5, 5.41) is 11.7. The van der Waals surface area contributed by atoms with Crippen LogP contribution in [0.1, 0.15) is 38.8 Å². The van der Waals surface area contributed by atoms with E-state index in [2.05, 4.69) is 10.3 Å². The van der Waals surface area contributed by atoms with E-state index in [-0.39, 0.29) is 6.42 Å². The molecule has 1 heterocycles. The average molecular weight is 301 g/mol. The van der Waals surface area contributed by atoms with E-state index in [1.54, 1.807) is 26.8 Å². The van der Waals surface area contributed by atoms with Crippen LogP contribution in [0.5, 0.6) is 0 Å². The van der Waals surface area contributed by atoms with E-state index < -0.39 is 23.7 Å². The maximum absolute atomic E-state index is 11.7. The van der Waals surface area contributed by atoms with Crippen molar-refractivity contribution in [3.63, 3.8) is 0 Å². The summed E-state index contributed by atoms with van der Waals surface area (Å²) in [5.74, 6) is -1.04. The summed E-state index contributed by atoms with van der Waals surface area (Å²) < 4.78 is 5.11. The van der Waals surface area contributed by atoms with Crippen molar-refractivity contribution in [3.8, 4) is 0 Å². The summed E-state index contributed by atoms with van der Waals surface area (Å²) in [5.41, 5.74) is -0.113. The van der Waals surface area contributed by atoms with Gasteiger partial charge in [-0.15, -0.1) is 0 Å². The summed E-state index contributed by atoms with van der Waals surface area (Å²) in [6, 6.07) is 2.41. The number of ether oxygens (including phenoxy) is 1. The lowest BCUT2D eigenvalue weighted by Crippen LogP contribution is -2.35. The number of alkyl carbamates (subject to hydrolysis) is 1. The molecule has 20 heavy (non-hydrogen) atoms. The number of carboxylic acid groups (broad SMARTS) is 1. The lowest BCUT2D eigenvalue weighted by atomic mass is 10.1. The van der Waals surface area contributed by atoms with Gasteiger partial charge >= 0.3 is 12.1 Å². The zero-order chi connectivity index (χ0) is 15.3. The molecule has 0 radical (unpaired) electrons. The van der Waals surface area contributed by atoms with Crippen LogP contribution in [0, 0.1) is 0 Å². The summed E-state index contributed by atoms with van der Waals surface area (Å²) in [4.78, 5) is 26.5. The number of carbonyl (C=O) groups is 2. The summed E-state index contributed by atoms with van der Waals surface area (Å²) >= 11 is 5.68. The standard InChI is InChI=1S/C13H17ClN2O4/c1-13(2,3)20-12(19)16-9(6-11(17)18)8-4-5-10(14)15-7-8/h4-5,7,9H,6H2,1-3H3,(H,16,19)(H,17,18)/t9-/m0/s1. The maximum Gasteiger partial charge on any atom is 0.408 e. The molecule has 0 aliphatic carbocycles. The van der Waals surface area contributed by atoms with Crippen LogP contribution < -0.4 is 5.32 Å². The number of carboxylic acids is 1. The molecule has 1 rings (SSSR count). The first-order valence-electron chi connectivity index (χ1n) is 6.00. The smallest absolute Gasteiger partial charge is 0.408 e. The number of aliphatic carboxylic acids is 1. The van der Waals surface area contributed by atoms with Gasteiger partial charge in [-0.05, 0) is 32.4 Å². The van der Waals surface area contributed by atoms with Crippen molar-refractivity contribution in [2.75, 3.05) is 0 Å². The topological polar surface area (TPSA) is 88.5 Å². The van der Waals surface area contributed by atoms with Crippen LogP contribution in [0.25, 0.3) is 0 Å². The molecule has 0 aliphatic rings. The Morgan fingerprint density at radius 2 is 2.10 bits per heavy atom. The van der Waals surface area contributed by atoms with Crippen LogP contribution in [-0.2, 0) is 9.53 Å². The molecule has 6 nitrogen and oxygen atoms in total. The second-order valence-electron chi connectivity index (χ2n) is 5.21. The summed E-state index contributed by atoms with van der Waals surface area (Å²) in [6.45, 7) is 5.17. The van der Waals surface area contributed by atoms with Gasteiger partial charge in [-0.3, -0.25) is 4.79 Å². The van der Waals surface area contributed by atoms with E-state index in [9.17, 15) is 9.59 Å². The molecule has 0 spiro atoms. The molecule has 1 aromatic heterocycles. The summed E-state index contributed by atoms with van der Waals surface area (Å²) in [7, 11) is 0. The number of hydrogen-bond acceptors (Lipinski definition) is 4. The van der Waals surface area contributed by atoms with Crippen LogP contribution in [0.4, 0.5) is 4.79 Å². The first-order valence-corrected chi connectivity index (χ1v) is 6.38. The fourth-order valence-electron chi connectivity index (χ4n) is 1.47. The number of amides is 1. The van der Waals surface area contributed by atoms with Crippen molar-refractivity contribution in [2.24, 2.45) is 0 Å². The van der Waals surface area contributed by atoms with Crippen LogP contribution in [0.3, 0.4) is 0 Å². The second kappa shape index (κ2) is 6.56. The Bertz CT molecular complexity index is 482. The van der Waals surface area contributed by atoms with Gasteiger partial charge in [-0.25, -0.2) is 9.78 Å². The number of nitrogens with one attached hydrogen (secondary N) is 1. The molecule has 1 amide bonds. The zero-order valence-electron chi connectivity index (χ0n) is 11.5. The van der Waals surface area contributed by atoms with Gasteiger partial charge in [0.2, 0.25) is 0 Å². The van der Waals surface area contributed by atoms with Gasteiger partial charge < -0.3 is 15.2 Å². The Balaban J connectivity index is 2.82. The van der Waals surface area contributed by atoms with Gasteiger partial charge in [0.05, 0.1) is 12.5 Å². The third-order valence-electron chi connectivity index (χ3n) is 2.22. The second-order valence-corrected chi connectivity index (χ2v) is 5.60. The summed E-state index contributed by atoms with van der Waals surface area (Å²) in [6.07, 6.45) is 0.467. The third-order valence-corrected chi connectivity index (χ3v) is 2.45. The highest BCUT2D eigenvalue weighted by Gasteiger charge is 2.22. The van der Waals surface area contributed by atoms with Crippen molar-refractivity contribution in [1.82, 2.24) is 10.3 Å². The molecule has 0 aromatic carbocycles. The normalized spacial score (nSPS) is 12.6. The fraction of sp³-hybridized carbons (Fsp3) is 0.462. The number of halogens is 1. The van der Waals surface area contributed by atoms with E-state index in [1.807, 2.05) is 0 Å². The number of pyridine rings is 1. The zero-order valence-corrected chi connectivity index (χ0v) is 12.3.